The van der Waals surface area contributed by atoms with E-state index in [2.05, 4.69) is 4.74 Å². The first-order valence-corrected chi connectivity index (χ1v) is 5.52. The molecule has 0 bridgehead atoms. The second-order valence-electron chi connectivity index (χ2n) is 2.85. The molecule has 1 unspecified atom stereocenters. The third-order valence-corrected chi connectivity index (χ3v) is 2.97. The van der Waals surface area contributed by atoms with E-state index in [4.69, 9.17) is 9.66 Å². The molecule has 0 heterocycles. The minimum atomic E-state index is -4.43. The lowest BCUT2D eigenvalue weighted by Crippen LogP contribution is -2.25. The van der Waals surface area contributed by atoms with Crippen molar-refractivity contribution < 1.29 is 32.4 Å². The predicted octanol–water partition coefficient (Wildman–Crippen LogP) is -0.329. The number of hydrogen-bond donors (Lipinski definition) is 2. The molecule has 2 N–H and O–H groups in total. The minimum absolute atomic E-state index is 0.330. The van der Waals surface area contributed by atoms with Gasteiger partial charge in [-0.2, -0.15) is 8.42 Å². The van der Waals surface area contributed by atoms with Crippen molar-refractivity contribution in [2.45, 2.75) is 24.5 Å². The zero-order valence-corrected chi connectivity index (χ0v) is 8.86. The van der Waals surface area contributed by atoms with Crippen molar-refractivity contribution in [1.82, 2.24) is 0 Å². The molecule has 0 saturated carbocycles. The Bertz CT molecular complexity index is 331. The van der Waals surface area contributed by atoms with Crippen LogP contribution in [0.15, 0.2) is 0 Å². The molecule has 0 rings (SSSR count). The molecular weight excluding hydrogens is 228 g/mol. The van der Waals surface area contributed by atoms with Gasteiger partial charge >= 0.3 is 11.9 Å². The molecule has 0 radical (unpaired) electrons. The van der Waals surface area contributed by atoms with E-state index in [0.717, 1.165) is 7.11 Å². The summed E-state index contributed by atoms with van der Waals surface area (Å²) in [5.41, 5.74) is 0. The van der Waals surface area contributed by atoms with E-state index < -0.39 is 40.1 Å². The summed E-state index contributed by atoms with van der Waals surface area (Å²) >= 11 is 0. The summed E-state index contributed by atoms with van der Waals surface area (Å²) in [7, 11) is -3.36. The summed E-state index contributed by atoms with van der Waals surface area (Å²) in [5, 5.41) is 6.90. The molecule has 0 spiro atoms. The van der Waals surface area contributed by atoms with Gasteiger partial charge in [0.1, 0.15) is 0 Å². The van der Waals surface area contributed by atoms with Gasteiger partial charge in [0.2, 0.25) is 0 Å². The van der Waals surface area contributed by atoms with Crippen LogP contribution < -0.4 is 0 Å². The summed E-state index contributed by atoms with van der Waals surface area (Å²) in [6.07, 6.45) is -1.33. The van der Waals surface area contributed by atoms with Gasteiger partial charge in [-0.1, -0.05) is 0 Å². The van der Waals surface area contributed by atoms with Crippen molar-refractivity contribution in [1.29, 1.82) is 0 Å². The average Bonchev–Trinajstić information content (AvgIpc) is 2.09. The van der Waals surface area contributed by atoms with Gasteiger partial charge in [-0.15, -0.1) is 0 Å². The monoisotopic (exact) mass is 240 g/mol. The van der Waals surface area contributed by atoms with Crippen LogP contribution in [0.3, 0.4) is 0 Å². The lowest BCUT2D eigenvalue weighted by atomic mass is 10.2. The Labute approximate surface area is 86.8 Å². The predicted molar refractivity (Wildman–Crippen MR) is 48.8 cm³/mol. The van der Waals surface area contributed by atoms with Crippen LogP contribution in [-0.2, 0) is 24.4 Å². The highest BCUT2D eigenvalue weighted by Gasteiger charge is 2.26. The summed E-state index contributed by atoms with van der Waals surface area (Å²) in [5.74, 6) is -2.02. The van der Waals surface area contributed by atoms with Gasteiger partial charge in [0.25, 0.3) is 10.1 Å². The van der Waals surface area contributed by atoms with E-state index in [1.54, 1.807) is 0 Å². The maximum absolute atomic E-state index is 10.8. The Balaban J connectivity index is 4.47. The fourth-order valence-corrected chi connectivity index (χ4v) is 1.67. The molecule has 7 nitrogen and oxygen atoms in total. The quantitative estimate of drug-likeness (QED) is 0.482. The molecule has 0 aliphatic carbocycles. The zero-order valence-electron chi connectivity index (χ0n) is 8.04. The number of esters is 1. The lowest BCUT2D eigenvalue weighted by molar-refractivity contribution is -0.141. The lowest BCUT2D eigenvalue weighted by Gasteiger charge is -2.10. The number of carboxylic acids is 1. The molecule has 0 aromatic carbocycles. The smallest absolute Gasteiger partial charge is 0.306 e. The topological polar surface area (TPSA) is 118 Å². The summed E-state index contributed by atoms with van der Waals surface area (Å²) < 4.78 is 34.4. The van der Waals surface area contributed by atoms with Crippen LogP contribution in [0.2, 0.25) is 0 Å². The SMILES string of the molecule is COC(=O)CC(CCC(=O)O)S(=O)(=O)O. The van der Waals surface area contributed by atoms with Gasteiger partial charge < -0.3 is 9.84 Å². The number of ether oxygens (including phenoxy) is 1. The van der Waals surface area contributed by atoms with Gasteiger partial charge in [0.05, 0.1) is 18.8 Å². The van der Waals surface area contributed by atoms with Crippen LogP contribution in [0.5, 0.6) is 0 Å². The van der Waals surface area contributed by atoms with E-state index in [0.29, 0.717) is 0 Å². The second-order valence-corrected chi connectivity index (χ2v) is 4.55. The fourth-order valence-electron chi connectivity index (χ4n) is 0.910. The number of aliphatic carboxylic acids is 1. The third kappa shape index (κ3) is 6.02. The molecule has 0 aromatic heterocycles. The van der Waals surface area contributed by atoms with E-state index in [1.807, 2.05) is 0 Å². The Morgan fingerprint density at radius 1 is 1.40 bits per heavy atom. The highest BCUT2D eigenvalue weighted by Crippen LogP contribution is 2.12. The number of hydrogen-bond acceptors (Lipinski definition) is 5. The summed E-state index contributed by atoms with van der Waals surface area (Å²) in [6, 6.07) is 0. The number of rotatable bonds is 6. The summed E-state index contributed by atoms with van der Waals surface area (Å²) in [4.78, 5) is 21.0. The van der Waals surface area contributed by atoms with Crippen molar-refractivity contribution in [3.63, 3.8) is 0 Å². The van der Waals surface area contributed by atoms with Crippen molar-refractivity contribution in [2.75, 3.05) is 7.11 Å². The average molecular weight is 240 g/mol. The van der Waals surface area contributed by atoms with E-state index in [9.17, 15) is 18.0 Å². The van der Waals surface area contributed by atoms with Gasteiger partial charge in [-0.05, 0) is 6.42 Å². The molecule has 0 aromatic rings. The maximum Gasteiger partial charge on any atom is 0.306 e. The van der Waals surface area contributed by atoms with Crippen LogP contribution in [0.25, 0.3) is 0 Å². The van der Waals surface area contributed by atoms with Gasteiger partial charge in [0, 0.05) is 6.42 Å². The Morgan fingerprint density at radius 2 is 1.93 bits per heavy atom. The van der Waals surface area contributed by atoms with Crippen LogP contribution in [0.4, 0.5) is 0 Å². The normalized spacial score (nSPS) is 13.2. The second kappa shape index (κ2) is 5.66. The number of methoxy groups -OCH3 is 1. The molecule has 0 aliphatic rings. The molecule has 0 saturated heterocycles. The first-order valence-electron chi connectivity index (χ1n) is 4.02. The molecule has 1 atom stereocenters. The van der Waals surface area contributed by atoms with Crippen LogP contribution in [0.1, 0.15) is 19.3 Å². The zero-order chi connectivity index (χ0) is 12.1. The van der Waals surface area contributed by atoms with Crippen LogP contribution >= 0.6 is 0 Å². The van der Waals surface area contributed by atoms with E-state index in [1.165, 1.54) is 0 Å². The van der Waals surface area contributed by atoms with Gasteiger partial charge in [-0.3, -0.25) is 14.1 Å². The first kappa shape index (κ1) is 13.8. The van der Waals surface area contributed by atoms with Crippen LogP contribution in [0, 0.1) is 0 Å². The van der Waals surface area contributed by atoms with E-state index >= 15 is 0 Å². The van der Waals surface area contributed by atoms with Crippen molar-refractivity contribution in [3.05, 3.63) is 0 Å². The molecule has 0 amide bonds. The van der Waals surface area contributed by atoms with E-state index in [-0.39, 0.29) is 6.42 Å². The maximum atomic E-state index is 10.8. The first-order chi connectivity index (χ1) is 6.77. The Kier molecular flexibility index (Phi) is 5.23. The Hall–Kier alpha value is -1.15. The van der Waals surface area contributed by atoms with Gasteiger partial charge in [-0.25, -0.2) is 0 Å². The molecule has 0 fully saturated rings. The standard InChI is InChI=1S/C7H12O7S/c1-14-7(10)4-5(15(11,12)13)2-3-6(8)9/h5H,2-4H2,1H3,(H,8,9)(H,11,12,13). The highest BCUT2D eigenvalue weighted by molar-refractivity contribution is 7.86. The van der Waals surface area contributed by atoms with Crippen molar-refractivity contribution in [3.8, 4) is 0 Å². The summed E-state index contributed by atoms with van der Waals surface area (Å²) in [6.45, 7) is 0. The van der Waals surface area contributed by atoms with Gasteiger partial charge in [0.15, 0.2) is 0 Å². The highest BCUT2D eigenvalue weighted by atomic mass is 32.2. The molecule has 0 aliphatic heterocycles. The number of carbonyl (C=O) groups is 2. The molecule has 15 heavy (non-hydrogen) atoms. The largest absolute Gasteiger partial charge is 0.481 e. The fraction of sp³-hybridized carbons (Fsp3) is 0.714. The molecule has 8 heteroatoms. The Morgan fingerprint density at radius 3 is 2.27 bits per heavy atom. The number of carboxylic acid groups (broad SMARTS) is 1. The van der Waals surface area contributed by atoms with Crippen LogP contribution in [-0.4, -0.2) is 42.4 Å². The molecule has 88 valence electrons. The third-order valence-electron chi connectivity index (χ3n) is 1.72. The number of carbonyl (C=O) groups excluding carboxylic acids is 1. The molecular formula is C7H12O7S. The van der Waals surface area contributed by atoms with Crippen molar-refractivity contribution in [2.24, 2.45) is 0 Å². The van der Waals surface area contributed by atoms with Crippen molar-refractivity contribution >= 4 is 22.1 Å². The minimum Gasteiger partial charge on any atom is -0.481 e.